The zero-order chi connectivity index (χ0) is 16.4. The van der Waals surface area contributed by atoms with Crippen molar-refractivity contribution in [3.8, 4) is 0 Å². The zero-order valence-corrected chi connectivity index (χ0v) is 13.9. The summed E-state index contributed by atoms with van der Waals surface area (Å²) in [6.07, 6.45) is 1.87. The number of rotatable bonds is 3. The number of ether oxygens (including phenoxy) is 1. The van der Waals surface area contributed by atoms with Gasteiger partial charge in [0.05, 0.1) is 13.2 Å². The molecule has 0 radical (unpaired) electrons. The first kappa shape index (κ1) is 15.2. The Balaban J connectivity index is 1.55. The molecule has 24 heavy (non-hydrogen) atoms. The van der Waals surface area contributed by atoms with Crippen LogP contribution in [0, 0.1) is 0 Å². The first-order valence-electron chi connectivity index (χ1n) is 7.95. The number of hydrogen-bond donors (Lipinski definition) is 0. The topological polar surface area (TPSA) is 38.5 Å². The lowest BCUT2D eigenvalue weighted by molar-refractivity contribution is 0.122. The molecule has 0 spiro atoms. The molecule has 0 aliphatic carbocycles. The summed E-state index contributed by atoms with van der Waals surface area (Å²) in [4.78, 5) is 6.73. The van der Waals surface area contributed by atoms with Crippen LogP contribution < -0.4 is 4.90 Å². The highest BCUT2D eigenvalue weighted by Gasteiger charge is 2.11. The number of anilines is 1. The van der Waals surface area contributed by atoms with E-state index in [4.69, 9.17) is 20.8 Å². The summed E-state index contributed by atoms with van der Waals surface area (Å²) in [5.74, 6) is 0.440. The molecule has 0 bridgehead atoms. The first-order valence-corrected chi connectivity index (χ1v) is 8.33. The van der Waals surface area contributed by atoms with Crippen molar-refractivity contribution in [1.29, 1.82) is 0 Å². The Hall–Kier alpha value is -2.30. The number of fused-ring (bicyclic) bond motifs is 1. The SMILES string of the molecule is Cl/C(=C\c1ccc(N2CCOCC2)cc1)c1nc2ccccc2o1. The smallest absolute Gasteiger partial charge is 0.238 e. The van der Waals surface area contributed by atoms with Gasteiger partial charge < -0.3 is 14.1 Å². The van der Waals surface area contributed by atoms with E-state index >= 15 is 0 Å². The fraction of sp³-hybridized carbons (Fsp3) is 0.211. The van der Waals surface area contributed by atoms with E-state index in [0.717, 1.165) is 43.0 Å². The average molecular weight is 341 g/mol. The van der Waals surface area contributed by atoms with Gasteiger partial charge in [-0.25, -0.2) is 4.98 Å². The van der Waals surface area contributed by atoms with E-state index in [-0.39, 0.29) is 0 Å². The Morgan fingerprint density at radius 1 is 1.04 bits per heavy atom. The van der Waals surface area contributed by atoms with Gasteiger partial charge in [0.25, 0.3) is 0 Å². The van der Waals surface area contributed by atoms with Crippen molar-refractivity contribution < 1.29 is 9.15 Å². The number of nitrogens with zero attached hydrogens (tertiary/aromatic N) is 2. The van der Waals surface area contributed by atoms with E-state index in [2.05, 4.69) is 34.1 Å². The number of hydrogen-bond acceptors (Lipinski definition) is 4. The minimum absolute atomic E-state index is 0.440. The highest BCUT2D eigenvalue weighted by molar-refractivity contribution is 6.50. The monoisotopic (exact) mass is 340 g/mol. The third kappa shape index (κ3) is 3.16. The lowest BCUT2D eigenvalue weighted by atomic mass is 10.1. The van der Waals surface area contributed by atoms with Gasteiger partial charge in [0.15, 0.2) is 5.58 Å². The predicted octanol–water partition coefficient (Wildman–Crippen LogP) is 4.40. The van der Waals surface area contributed by atoms with Crippen molar-refractivity contribution in [2.45, 2.75) is 0 Å². The normalized spacial score (nSPS) is 15.9. The van der Waals surface area contributed by atoms with Crippen molar-refractivity contribution in [3.63, 3.8) is 0 Å². The van der Waals surface area contributed by atoms with E-state index in [1.54, 1.807) is 0 Å². The highest BCUT2D eigenvalue weighted by Crippen LogP contribution is 2.26. The van der Waals surface area contributed by atoms with Crippen molar-refractivity contribution in [2.24, 2.45) is 0 Å². The van der Waals surface area contributed by atoms with Crippen molar-refractivity contribution >= 4 is 39.5 Å². The van der Waals surface area contributed by atoms with Gasteiger partial charge in [0.1, 0.15) is 10.5 Å². The maximum Gasteiger partial charge on any atom is 0.238 e. The highest BCUT2D eigenvalue weighted by atomic mass is 35.5. The van der Waals surface area contributed by atoms with Crippen LogP contribution in [0.4, 0.5) is 5.69 Å². The largest absolute Gasteiger partial charge is 0.435 e. The number of aromatic nitrogens is 1. The Labute approximate surface area is 145 Å². The molecular formula is C19H17ClN2O2. The van der Waals surface area contributed by atoms with Crippen molar-refractivity contribution in [1.82, 2.24) is 4.98 Å². The molecule has 1 aliphatic rings. The fourth-order valence-electron chi connectivity index (χ4n) is 2.79. The zero-order valence-electron chi connectivity index (χ0n) is 13.1. The van der Waals surface area contributed by atoms with Gasteiger partial charge in [-0.1, -0.05) is 35.9 Å². The van der Waals surface area contributed by atoms with Gasteiger partial charge >= 0.3 is 0 Å². The standard InChI is InChI=1S/C19H17ClN2O2/c20-16(19-21-17-3-1-2-4-18(17)24-19)13-14-5-7-15(8-6-14)22-9-11-23-12-10-22/h1-8,13H,9-12H2/b16-13-. The van der Waals surface area contributed by atoms with Crippen molar-refractivity contribution in [3.05, 3.63) is 60.0 Å². The maximum absolute atomic E-state index is 6.38. The molecule has 4 rings (SSSR count). The van der Waals surface area contributed by atoms with Crippen molar-refractivity contribution in [2.75, 3.05) is 31.2 Å². The summed E-state index contributed by atoms with van der Waals surface area (Å²) in [5.41, 5.74) is 3.76. The first-order chi connectivity index (χ1) is 11.8. The molecule has 0 atom stereocenters. The second-order valence-corrected chi connectivity index (χ2v) is 6.08. The Morgan fingerprint density at radius 2 is 1.79 bits per heavy atom. The van der Waals surface area contributed by atoms with Gasteiger partial charge in [-0.2, -0.15) is 0 Å². The summed E-state index contributed by atoms with van der Waals surface area (Å²) >= 11 is 6.38. The lowest BCUT2D eigenvalue weighted by Crippen LogP contribution is -2.36. The van der Waals surface area contributed by atoms with E-state index < -0.39 is 0 Å². The minimum Gasteiger partial charge on any atom is -0.435 e. The summed E-state index contributed by atoms with van der Waals surface area (Å²) in [6.45, 7) is 3.42. The summed E-state index contributed by atoms with van der Waals surface area (Å²) in [7, 11) is 0. The molecule has 3 aromatic rings. The molecule has 0 N–H and O–H groups in total. The van der Waals surface area contributed by atoms with Crippen LogP contribution in [0.3, 0.4) is 0 Å². The molecule has 4 nitrogen and oxygen atoms in total. The fourth-order valence-corrected chi connectivity index (χ4v) is 2.99. The Kier molecular flexibility index (Phi) is 4.24. The van der Waals surface area contributed by atoms with Crippen LogP contribution in [0.5, 0.6) is 0 Å². The molecular weight excluding hydrogens is 324 g/mol. The average Bonchev–Trinajstić information content (AvgIpc) is 3.07. The molecule has 1 fully saturated rings. The number of morpholine rings is 1. The summed E-state index contributed by atoms with van der Waals surface area (Å²) in [5, 5.41) is 0.491. The number of halogens is 1. The summed E-state index contributed by atoms with van der Waals surface area (Å²) < 4.78 is 11.1. The molecule has 2 heterocycles. The minimum atomic E-state index is 0.440. The van der Waals surface area contributed by atoms with Crippen LogP contribution in [-0.4, -0.2) is 31.3 Å². The molecule has 2 aromatic carbocycles. The van der Waals surface area contributed by atoms with Crippen LogP contribution >= 0.6 is 11.6 Å². The van der Waals surface area contributed by atoms with E-state index in [0.29, 0.717) is 10.9 Å². The van der Waals surface area contributed by atoms with Crippen LogP contribution in [0.15, 0.2) is 52.9 Å². The second kappa shape index (κ2) is 6.67. The number of benzene rings is 2. The second-order valence-electron chi connectivity index (χ2n) is 5.67. The number of para-hydroxylation sites is 2. The third-order valence-corrected chi connectivity index (χ3v) is 4.33. The van der Waals surface area contributed by atoms with E-state index in [1.807, 2.05) is 30.3 Å². The van der Waals surface area contributed by atoms with Crippen LogP contribution in [-0.2, 0) is 4.74 Å². The number of oxazole rings is 1. The molecule has 0 unspecified atom stereocenters. The van der Waals surface area contributed by atoms with E-state index in [9.17, 15) is 0 Å². The maximum atomic E-state index is 6.38. The van der Waals surface area contributed by atoms with Crippen LogP contribution in [0.2, 0.25) is 0 Å². The third-order valence-electron chi connectivity index (χ3n) is 4.06. The molecule has 5 heteroatoms. The van der Waals surface area contributed by atoms with Gasteiger partial charge in [0, 0.05) is 18.8 Å². The molecule has 1 aromatic heterocycles. The van der Waals surface area contributed by atoms with Gasteiger partial charge in [-0.15, -0.1) is 0 Å². The van der Waals surface area contributed by atoms with Gasteiger partial charge in [-0.05, 0) is 35.9 Å². The molecule has 1 aliphatic heterocycles. The summed E-state index contributed by atoms with van der Waals surface area (Å²) in [6, 6.07) is 15.9. The molecule has 0 saturated carbocycles. The lowest BCUT2D eigenvalue weighted by Gasteiger charge is -2.28. The molecule has 122 valence electrons. The molecule has 0 amide bonds. The van der Waals surface area contributed by atoms with Crippen LogP contribution in [0.1, 0.15) is 11.5 Å². The Morgan fingerprint density at radius 3 is 2.54 bits per heavy atom. The molecule has 1 saturated heterocycles. The van der Waals surface area contributed by atoms with Gasteiger partial charge in [-0.3, -0.25) is 0 Å². The quantitative estimate of drug-likeness (QED) is 0.708. The van der Waals surface area contributed by atoms with E-state index in [1.165, 1.54) is 5.69 Å². The predicted molar refractivity (Wildman–Crippen MR) is 97.2 cm³/mol. The van der Waals surface area contributed by atoms with Crippen LogP contribution in [0.25, 0.3) is 22.2 Å². The van der Waals surface area contributed by atoms with Gasteiger partial charge in [0.2, 0.25) is 5.89 Å². The Bertz CT molecular complexity index is 831.